The third-order valence-corrected chi connectivity index (χ3v) is 8.55. The molecule has 4 atom stereocenters. The third kappa shape index (κ3) is 8.48. The molecule has 1 fully saturated rings. The summed E-state index contributed by atoms with van der Waals surface area (Å²) in [5.74, 6) is 0.646. The number of thioether (sulfide) groups is 1. The predicted molar refractivity (Wildman–Crippen MR) is 173 cm³/mol. The van der Waals surface area contributed by atoms with Crippen LogP contribution in [0, 0.1) is 5.92 Å². The largest absolute Gasteiger partial charge is 0.392 e. The predicted octanol–water partition coefficient (Wildman–Crippen LogP) is 7.04. The van der Waals surface area contributed by atoms with Gasteiger partial charge in [-0.3, -0.25) is 4.79 Å². The summed E-state index contributed by atoms with van der Waals surface area (Å²) in [5.41, 5.74) is 5.15. The standard InChI is InChI=1S/C35H37N3O5S/c1-23-32(22-44-31-18-16-29(17-19-31)37-24(2)40)42-34(43-33(23)27-10-8-26(21-39)9-11-27)28-12-14-30(15-13-28)38-35(41)36-20-25-6-4-3-5-7-25/h3-19,23,32-34,39H,20-22H2,1-2H3,(H,37,40)(H2,36,38,41)/t23-,32+,33+,34+/m1/s1. The number of carbonyl (C=O) groups excluding carboxylic acids is 2. The highest BCUT2D eigenvalue weighted by atomic mass is 32.2. The van der Waals surface area contributed by atoms with Crippen LogP contribution in [0.2, 0.25) is 0 Å². The van der Waals surface area contributed by atoms with Crippen LogP contribution < -0.4 is 16.0 Å². The van der Waals surface area contributed by atoms with E-state index in [1.54, 1.807) is 11.8 Å². The Hall–Kier alpha value is -4.15. The first-order valence-corrected chi connectivity index (χ1v) is 15.6. The zero-order chi connectivity index (χ0) is 30.9. The minimum atomic E-state index is -0.609. The molecule has 0 bridgehead atoms. The molecule has 0 unspecified atom stereocenters. The summed E-state index contributed by atoms with van der Waals surface area (Å²) in [4.78, 5) is 24.9. The first kappa shape index (κ1) is 31.3. The van der Waals surface area contributed by atoms with Gasteiger partial charge in [-0.05, 0) is 53.1 Å². The Balaban J connectivity index is 1.27. The van der Waals surface area contributed by atoms with Crippen LogP contribution in [-0.4, -0.2) is 28.9 Å². The van der Waals surface area contributed by atoms with Gasteiger partial charge in [-0.15, -0.1) is 11.8 Å². The minimum absolute atomic E-state index is 0.0161. The van der Waals surface area contributed by atoms with Crippen LogP contribution in [0.4, 0.5) is 16.2 Å². The fourth-order valence-corrected chi connectivity index (χ4v) is 6.07. The zero-order valence-electron chi connectivity index (χ0n) is 24.7. The second-order valence-corrected chi connectivity index (χ2v) is 11.8. The smallest absolute Gasteiger partial charge is 0.319 e. The topological polar surface area (TPSA) is 109 Å². The lowest BCUT2D eigenvalue weighted by molar-refractivity contribution is -0.268. The highest BCUT2D eigenvalue weighted by Gasteiger charge is 2.38. The van der Waals surface area contributed by atoms with Crippen molar-refractivity contribution in [1.82, 2.24) is 5.32 Å². The maximum Gasteiger partial charge on any atom is 0.319 e. The molecule has 0 aromatic heterocycles. The summed E-state index contributed by atoms with van der Waals surface area (Å²) in [6, 6.07) is 32.6. The van der Waals surface area contributed by atoms with Gasteiger partial charge in [0.2, 0.25) is 5.91 Å². The number of hydrogen-bond acceptors (Lipinski definition) is 6. The van der Waals surface area contributed by atoms with Gasteiger partial charge in [0.05, 0.1) is 18.8 Å². The van der Waals surface area contributed by atoms with E-state index in [0.29, 0.717) is 18.0 Å². The summed E-state index contributed by atoms with van der Waals surface area (Å²) in [6.07, 6.45) is -0.962. The van der Waals surface area contributed by atoms with Crippen molar-refractivity contribution in [1.29, 1.82) is 0 Å². The Kier molecular flexibility index (Phi) is 10.7. The van der Waals surface area contributed by atoms with Crippen molar-refractivity contribution in [3.8, 4) is 0 Å². The van der Waals surface area contributed by atoms with Crippen molar-refractivity contribution >= 4 is 35.1 Å². The van der Waals surface area contributed by atoms with Crippen molar-refractivity contribution in [2.24, 2.45) is 5.92 Å². The van der Waals surface area contributed by atoms with E-state index in [9.17, 15) is 14.7 Å². The Labute approximate surface area is 262 Å². The van der Waals surface area contributed by atoms with Crippen LogP contribution in [-0.2, 0) is 27.4 Å². The molecule has 4 aromatic rings. The highest BCUT2D eigenvalue weighted by Crippen LogP contribution is 2.43. The zero-order valence-corrected chi connectivity index (χ0v) is 25.6. The lowest BCUT2D eigenvalue weighted by atomic mass is 9.91. The number of hydrogen-bond donors (Lipinski definition) is 4. The Bertz CT molecular complexity index is 1520. The first-order valence-electron chi connectivity index (χ1n) is 14.6. The molecule has 0 aliphatic carbocycles. The van der Waals surface area contributed by atoms with Crippen molar-refractivity contribution in [2.45, 2.75) is 50.4 Å². The van der Waals surface area contributed by atoms with Gasteiger partial charge >= 0.3 is 6.03 Å². The minimum Gasteiger partial charge on any atom is -0.392 e. The average molecular weight is 612 g/mol. The molecule has 4 N–H and O–H groups in total. The Morgan fingerprint density at radius 2 is 1.41 bits per heavy atom. The van der Waals surface area contributed by atoms with E-state index in [4.69, 9.17) is 9.47 Å². The molecule has 9 heteroatoms. The fraction of sp³-hybridized carbons (Fsp3) is 0.257. The van der Waals surface area contributed by atoms with E-state index in [0.717, 1.165) is 32.8 Å². The van der Waals surface area contributed by atoms with Gasteiger partial charge in [-0.2, -0.15) is 0 Å². The highest BCUT2D eigenvalue weighted by molar-refractivity contribution is 7.99. The molecule has 1 saturated heterocycles. The van der Waals surface area contributed by atoms with Crippen molar-refractivity contribution in [3.63, 3.8) is 0 Å². The molecular formula is C35H37N3O5S. The Morgan fingerprint density at radius 3 is 2.07 bits per heavy atom. The number of amides is 3. The monoisotopic (exact) mass is 611 g/mol. The number of aliphatic hydroxyl groups is 1. The number of ether oxygens (including phenoxy) is 2. The van der Waals surface area contributed by atoms with E-state index >= 15 is 0 Å². The molecule has 5 rings (SSSR count). The van der Waals surface area contributed by atoms with Gasteiger partial charge in [0.15, 0.2) is 6.29 Å². The van der Waals surface area contributed by atoms with Gasteiger partial charge in [0.25, 0.3) is 0 Å². The summed E-state index contributed by atoms with van der Waals surface area (Å²) >= 11 is 1.69. The number of anilines is 2. The van der Waals surface area contributed by atoms with Gasteiger partial charge in [-0.25, -0.2) is 4.79 Å². The van der Waals surface area contributed by atoms with E-state index in [1.807, 2.05) is 103 Å². The van der Waals surface area contributed by atoms with E-state index < -0.39 is 6.29 Å². The van der Waals surface area contributed by atoms with Gasteiger partial charge in [0.1, 0.15) is 0 Å². The van der Waals surface area contributed by atoms with Crippen molar-refractivity contribution < 1.29 is 24.2 Å². The molecule has 44 heavy (non-hydrogen) atoms. The lowest BCUT2D eigenvalue weighted by Gasteiger charge is -2.41. The molecule has 1 aliphatic rings. The summed E-state index contributed by atoms with van der Waals surface area (Å²) in [7, 11) is 0. The number of carbonyl (C=O) groups is 2. The lowest BCUT2D eigenvalue weighted by Crippen LogP contribution is -2.38. The van der Waals surface area contributed by atoms with Gasteiger partial charge < -0.3 is 30.5 Å². The molecular weight excluding hydrogens is 574 g/mol. The molecule has 8 nitrogen and oxygen atoms in total. The molecule has 0 saturated carbocycles. The first-order chi connectivity index (χ1) is 21.4. The third-order valence-electron chi connectivity index (χ3n) is 7.45. The number of benzene rings is 4. The van der Waals surface area contributed by atoms with Gasteiger partial charge in [0, 0.05) is 47.0 Å². The van der Waals surface area contributed by atoms with E-state index in [2.05, 4.69) is 22.9 Å². The summed E-state index contributed by atoms with van der Waals surface area (Å²) in [6.45, 7) is 4.04. The number of aliphatic hydroxyl groups excluding tert-OH is 1. The van der Waals surface area contributed by atoms with Crippen LogP contribution in [0.5, 0.6) is 0 Å². The van der Waals surface area contributed by atoms with Crippen molar-refractivity contribution in [3.05, 3.63) is 125 Å². The van der Waals surface area contributed by atoms with Crippen LogP contribution >= 0.6 is 11.8 Å². The molecule has 4 aromatic carbocycles. The quantitative estimate of drug-likeness (QED) is 0.143. The molecule has 0 spiro atoms. The maximum absolute atomic E-state index is 12.4. The molecule has 0 radical (unpaired) electrons. The number of urea groups is 1. The Morgan fingerprint density at radius 1 is 0.773 bits per heavy atom. The maximum atomic E-state index is 12.4. The second-order valence-electron chi connectivity index (χ2n) is 10.8. The normalized spacial score (nSPS) is 19.6. The van der Waals surface area contributed by atoms with E-state index in [1.165, 1.54) is 6.92 Å². The second kappa shape index (κ2) is 15.0. The van der Waals surface area contributed by atoms with Crippen LogP contribution in [0.1, 0.15) is 48.5 Å². The average Bonchev–Trinajstić information content (AvgIpc) is 3.05. The molecule has 3 amide bonds. The summed E-state index contributed by atoms with van der Waals surface area (Å²) < 4.78 is 13.1. The van der Waals surface area contributed by atoms with Crippen molar-refractivity contribution in [2.75, 3.05) is 16.4 Å². The molecule has 1 heterocycles. The molecule has 1 aliphatic heterocycles. The number of nitrogens with one attached hydrogen (secondary N) is 3. The number of rotatable bonds is 10. The fourth-order valence-electron chi connectivity index (χ4n) is 5.00. The van der Waals surface area contributed by atoms with E-state index in [-0.39, 0.29) is 36.7 Å². The SMILES string of the molecule is CC(=O)Nc1ccc(SC[C@@H]2O[C@H](c3ccc(NC(=O)NCc4ccccc4)cc3)O[C@H](c3ccc(CO)cc3)[C@@H]2C)cc1. The summed E-state index contributed by atoms with van der Waals surface area (Å²) in [5, 5.41) is 18.1. The van der Waals surface area contributed by atoms with Crippen LogP contribution in [0.3, 0.4) is 0 Å². The van der Waals surface area contributed by atoms with Crippen LogP contribution in [0.25, 0.3) is 0 Å². The van der Waals surface area contributed by atoms with Gasteiger partial charge in [-0.1, -0.05) is 73.7 Å². The van der Waals surface area contributed by atoms with Crippen LogP contribution in [0.15, 0.2) is 108 Å². The molecule has 228 valence electrons.